The Labute approximate surface area is 248 Å². The highest BCUT2D eigenvalue weighted by Crippen LogP contribution is 2.42. The topological polar surface area (TPSA) is 75.5 Å². The number of amides is 2. The van der Waals surface area contributed by atoms with E-state index in [9.17, 15) is 40.3 Å². The predicted molar refractivity (Wildman–Crippen MR) is 146 cm³/mol. The maximum atomic E-state index is 14.2. The van der Waals surface area contributed by atoms with Gasteiger partial charge in [0.25, 0.3) is 18.2 Å². The number of rotatable bonds is 5. The van der Waals surface area contributed by atoms with Crippen LogP contribution in [0.2, 0.25) is 5.02 Å². The minimum Gasteiger partial charge on any atom is -0.341 e. The number of nitrogens with one attached hydrogen (secondary N) is 2. The molecule has 6 rings (SSSR count). The summed E-state index contributed by atoms with van der Waals surface area (Å²) in [4.78, 5) is 30.3. The van der Waals surface area contributed by atoms with Crippen molar-refractivity contribution >= 4 is 34.7 Å². The summed E-state index contributed by atoms with van der Waals surface area (Å²) in [5, 5.41) is 5.21. The summed E-state index contributed by atoms with van der Waals surface area (Å²) in [5.74, 6) is -3.76. The average Bonchev–Trinajstić information content (AvgIpc) is 3.54. The SMILES string of the molecule is O=C(Nc1cc(-c2ccc3nc(C(F)F)cn3c2)cc2c1[C@H](c1cc(F)ccc1Cl)NC2=O)c1cc(F)cc(C(F)(F)F)c1. The number of nitrogens with zero attached hydrogens (tertiary/aromatic N) is 2. The van der Waals surface area contributed by atoms with E-state index in [1.807, 2.05) is 0 Å². The number of carbonyl (C=O) groups is 2. The first-order valence-electron chi connectivity index (χ1n) is 12.7. The molecular formula is C30H16ClF7N4O2. The Kier molecular flexibility index (Phi) is 7.07. The molecule has 0 saturated heterocycles. The molecule has 44 heavy (non-hydrogen) atoms. The van der Waals surface area contributed by atoms with Gasteiger partial charge in [-0.1, -0.05) is 11.6 Å². The van der Waals surface area contributed by atoms with Gasteiger partial charge in [-0.2, -0.15) is 13.2 Å². The highest BCUT2D eigenvalue weighted by molar-refractivity contribution is 6.31. The largest absolute Gasteiger partial charge is 0.416 e. The van der Waals surface area contributed by atoms with Gasteiger partial charge in [0.2, 0.25) is 0 Å². The van der Waals surface area contributed by atoms with Gasteiger partial charge in [0.15, 0.2) is 0 Å². The van der Waals surface area contributed by atoms with E-state index in [2.05, 4.69) is 15.6 Å². The van der Waals surface area contributed by atoms with Crippen LogP contribution in [0, 0.1) is 11.6 Å². The number of alkyl halides is 5. The van der Waals surface area contributed by atoms with E-state index in [4.69, 9.17) is 11.6 Å². The Balaban J connectivity index is 1.50. The van der Waals surface area contributed by atoms with Crippen LogP contribution >= 0.6 is 11.6 Å². The molecule has 2 N–H and O–H groups in total. The summed E-state index contributed by atoms with van der Waals surface area (Å²) in [6, 6.07) is 9.51. The van der Waals surface area contributed by atoms with Gasteiger partial charge in [0.05, 0.1) is 11.6 Å². The summed E-state index contributed by atoms with van der Waals surface area (Å²) < 4.78 is 96.1. The van der Waals surface area contributed by atoms with Crippen molar-refractivity contribution in [1.82, 2.24) is 14.7 Å². The summed E-state index contributed by atoms with van der Waals surface area (Å²) >= 11 is 6.31. The van der Waals surface area contributed by atoms with E-state index in [0.29, 0.717) is 23.3 Å². The van der Waals surface area contributed by atoms with Crippen molar-refractivity contribution in [2.24, 2.45) is 0 Å². The van der Waals surface area contributed by atoms with Crippen molar-refractivity contribution in [2.45, 2.75) is 18.6 Å². The molecule has 3 aromatic carbocycles. The number of hydrogen-bond donors (Lipinski definition) is 2. The molecule has 0 bridgehead atoms. The first-order valence-corrected chi connectivity index (χ1v) is 13.1. The van der Waals surface area contributed by atoms with Gasteiger partial charge in [0.1, 0.15) is 23.0 Å². The van der Waals surface area contributed by atoms with Crippen molar-refractivity contribution in [2.75, 3.05) is 5.32 Å². The molecule has 6 nitrogen and oxygen atoms in total. The molecule has 0 fully saturated rings. The molecule has 2 aromatic heterocycles. The summed E-state index contributed by atoms with van der Waals surface area (Å²) in [6.45, 7) is 0. The first kappa shape index (κ1) is 29.2. The lowest BCUT2D eigenvalue weighted by molar-refractivity contribution is -0.137. The molecule has 1 aliphatic rings. The highest BCUT2D eigenvalue weighted by atomic mass is 35.5. The Morgan fingerprint density at radius 2 is 1.73 bits per heavy atom. The Bertz CT molecular complexity index is 1990. The van der Waals surface area contributed by atoms with Crippen LogP contribution in [0.15, 0.2) is 73.1 Å². The predicted octanol–water partition coefficient (Wildman–Crippen LogP) is 7.97. The molecule has 2 amide bonds. The molecule has 5 aromatic rings. The lowest BCUT2D eigenvalue weighted by atomic mass is 9.93. The quantitative estimate of drug-likeness (QED) is 0.193. The number of hydrogen-bond acceptors (Lipinski definition) is 3. The van der Waals surface area contributed by atoms with Crippen LogP contribution < -0.4 is 10.6 Å². The van der Waals surface area contributed by atoms with Crippen molar-refractivity contribution in [3.8, 4) is 11.1 Å². The fraction of sp³-hybridized carbons (Fsp3) is 0.100. The molecule has 0 aliphatic carbocycles. The van der Waals surface area contributed by atoms with Gasteiger partial charge in [0, 0.05) is 45.4 Å². The second kappa shape index (κ2) is 10.7. The molecule has 1 atom stereocenters. The minimum atomic E-state index is -4.94. The van der Waals surface area contributed by atoms with E-state index in [0.717, 1.165) is 18.3 Å². The fourth-order valence-corrected chi connectivity index (χ4v) is 5.27. The second-order valence-electron chi connectivity index (χ2n) is 9.89. The van der Waals surface area contributed by atoms with Crippen LogP contribution in [0.3, 0.4) is 0 Å². The van der Waals surface area contributed by atoms with Crippen LogP contribution in [-0.2, 0) is 6.18 Å². The molecule has 0 saturated carbocycles. The molecule has 224 valence electrons. The van der Waals surface area contributed by atoms with Crippen LogP contribution in [-0.4, -0.2) is 21.2 Å². The third-order valence-corrected chi connectivity index (χ3v) is 7.36. The third-order valence-electron chi connectivity index (χ3n) is 7.02. The van der Waals surface area contributed by atoms with E-state index < -0.39 is 58.9 Å². The van der Waals surface area contributed by atoms with Crippen LogP contribution in [0.1, 0.15) is 55.6 Å². The molecule has 1 aliphatic heterocycles. The van der Waals surface area contributed by atoms with E-state index in [1.54, 1.807) is 0 Å². The Morgan fingerprint density at radius 3 is 2.45 bits per heavy atom. The van der Waals surface area contributed by atoms with Crippen LogP contribution in [0.5, 0.6) is 0 Å². The first-order chi connectivity index (χ1) is 20.8. The number of anilines is 1. The monoisotopic (exact) mass is 632 g/mol. The van der Waals surface area contributed by atoms with Crippen molar-refractivity contribution in [3.05, 3.63) is 123 Å². The fourth-order valence-electron chi connectivity index (χ4n) is 5.04. The van der Waals surface area contributed by atoms with Crippen molar-refractivity contribution < 1.29 is 40.3 Å². The zero-order chi connectivity index (χ0) is 31.5. The molecule has 0 spiro atoms. The summed E-state index contributed by atoms with van der Waals surface area (Å²) in [6.07, 6.45) is -5.19. The second-order valence-corrected chi connectivity index (χ2v) is 10.3. The number of halogens is 8. The number of pyridine rings is 1. The number of fused-ring (bicyclic) bond motifs is 2. The highest BCUT2D eigenvalue weighted by Gasteiger charge is 2.36. The maximum Gasteiger partial charge on any atom is 0.416 e. The normalized spacial score (nSPS) is 14.7. The van der Waals surface area contributed by atoms with Crippen LogP contribution in [0.25, 0.3) is 16.8 Å². The van der Waals surface area contributed by atoms with Gasteiger partial charge >= 0.3 is 6.18 Å². The molecular weight excluding hydrogens is 617 g/mol. The van der Waals surface area contributed by atoms with Crippen molar-refractivity contribution in [3.63, 3.8) is 0 Å². The number of carbonyl (C=O) groups excluding carboxylic acids is 2. The Hall–Kier alpha value is -4.91. The Morgan fingerprint density at radius 1 is 0.955 bits per heavy atom. The standard InChI is InChI=1S/C30H16ClF7N4O2/c31-21-3-2-17(32)10-19(21)26-25-20(29(44)41-26)7-14(13-1-4-24-39-23(27(34)35)12-42(24)11-13)8-22(25)40-28(43)15-5-16(30(36,37)38)9-18(33)6-15/h1-12,26-27H,(H,40,43)(H,41,44)/t26-/m0/s1. The number of aromatic nitrogens is 2. The van der Waals surface area contributed by atoms with Gasteiger partial charge < -0.3 is 15.0 Å². The van der Waals surface area contributed by atoms with Gasteiger partial charge in [-0.3, -0.25) is 9.59 Å². The average molecular weight is 633 g/mol. The van der Waals surface area contributed by atoms with Gasteiger partial charge in [-0.25, -0.2) is 22.5 Å². The summed E-state index contributed by atoms with van der Waals surface area (Å²) in [5.41, 5.74) is -1.44. The number of imidazole rings is 1. The smallest absolute Gasteiger partial charge is 0.341 e. The van der Waals surface area contributed by atoms with Gasteiger partial charge in [-0.15, -0.1) is 0 Å². The third kappa shape index (κ3) is 5.34. The zero-order valence-electron chi connectivity index (χ0n) is 21.8. The van der Waals surface area contributed by atoms with Crippen LogP contribution in [0.4, 0.5) is 36.4 Å². The minimum absolute atomic E-state index is 0.0114. The molecule has 0 unspecified atom stereocenters. The van der Waals surface area contributed by atoms with Gasteiger partial charge in [-0.05, 0) is 71.8 Å². The van der Waals surface area contributed by atoms with E-state index >= 15 is 0 Å². The molecule has 0 radical (unpaired) electrons. The lowest BCUT2D eigenvalue weighted by Crippen LogP contribution is -2.21. The molecule has 3 heterocycles. The summed E-state index contributed by atoms with van der Waals surface area (Å²) in [7, 11) is 0. The zero-order valence-corrected chi connectivity index (χ0v) is 22.6. The number of benzene rings is 3. The molecule has 14 heteroatoms. The maximum absolute atomic E-state index is 14.2. The lowest BCUT2D eigenvalue weighted by Gasteiger charge is -2.19. The van der Waals surface area contributed by atoms with E-state index in [-0.39, 0.29) is 39.1 Å². The van der Waals surface area contributed by atoms with E-state index in [1.165, 1.54) is 40.9 Å². The van der Waals surface area contributed by atoms with Crippen molar-refractivity contribution in [1.29, 1.82) is 0 Å².